The Morgan fingerprint density at radius 3 is 2.87 bits per heavy atom. The van der Waals surface area contributed by atoms with Gasteiger partial charge in [-0.1, -0.05) is 12.1 Å². The normalized spacial score (nSPS) is 11.7. The van der Waals surface area contributed by atoms with E-state index in [-0.39, 0.29) is 0 Å². The van der Waals surface area contributed by atoms with Crippen molar-refractivity contribution in [3.8, 4) is 11.3 Å². The van der Waals surface area contributed by atoms with Crippen LogP contribution in [-0.2, 0) is 0 Å². The average molecular weight is 300 g/mol. The third-order valence-electron chi connectivity index (χ3n) is 4.10. The Hall–Kier alpha value is -3.28. The van der Waals surface area contributed by atoms with Crippen LogP contribution in [0, 0.1) is 6.92 Å². The van der Waals surface area contributed by atoms with E-state index in [9.17, 15) is 0 Å². The summed E-state index contributed by atoms with van der Waals surface area (Å²) in [6.07, 6.45) is 7.15. The second-order valence-electron chi connectivity index (χ2n) is 5.43. The van der Waals surface area contributed by atoms with Crippen molar-refractivity contribution in [2.45, 2.75) is 6.92 Å². The van der Waals surface area contributed by atoms with E-state index in [1.54, 1.807) is 12.4 Å². The van der Waals surface area contributed by atoms with Gasteiger partial charge >= 0.3 is 0 Å². The van der Waals surface area contributed by atoms with E-state index in [1.165, 1.54) is 0 Å². The molecule has 0 unspecified atom stereocenters. The first-order chi connectivity index (χ1) is 11.3. The van der Waals surface area contributed by atoms with E-state index in [0.29, 0.717) is 0 Å². The largest absolute Gasteiger partial charge is 0.345 e. The van der Waals surface area contributed by atoms with Crippen molar-refractivity contribution in [2.24, 2.45) is 0 Å². The number of fused-ring (bicyclic) bond motifs is 4. The summed E-state index contributed by atoms with van der Waals surface area (Å²) in [5.74, 6) is 0.919. The highest BCUT2D eigenvalue weighted by molar-refractivity contribution is 5.95. The summed E-state index contributed by atoms with van der Waals surface area (Å²) >= 11 is 0. The highest BCUT2D eigenvalue weighted by Gasteiger charge is 2.16. The van der Waals surface area contributed by atoms with Crippen LogP contribution in [0.5, 0.6) is 0 Å². The van der Waals surface area contributed by atoms with Crippen LogP contribution in [0.25, 0.3) is 39.0 Å². The molecule has 0 aliphatic carbocycles. The molecule has 0 saturated heterocycles. The zero-order valence-electron chi connectivity index (χ0n) is 12.4. The van der Waals surface area contributed by atoms with Crippen molar-refractivity contribution in [2.75, 3.05) is 0 Å². The predicted octanol–water partition coefficient (Wildman–Crippen LogP) is 3.13. The van der Waals surface area contributed by atoms with Crippen molar-refractivity contribution in [1.29, 1.82) is 0 Å². The number of aromatic nitrogens is 6. The molecular weight excluding hydrogens is 288 g/mol. The molecule has 0 bridgehead atoms. The maximum atomic E-state index is 4.78. The van der Waals surface area contributed by atoms with E-state index in [0.717, 1.165) is 44.8 Å². The monoisotopic (exact) mass is 300 g/mol. The Labute approximate surface area is 130 Å². The van der Waals surface area contributed by atoms with Gasteiger partial charge in [0.2, 0.25) is 0 Å². The lowest BCUT2D eigenvalue weighted by atomic mass is 10.1. The molecule has 6 heteroatoms. The molecule has 0 atom stereocenters. The first-order valence-corrected chi connectivity index (χ1v) is 7.34. The molecule has 5 aromatic rings. The molecule has 4 aromatic heterocycles. The summed E-state index contributed by atoms with van der Waals surface area (Å²) in [5, 5.41) is 0. The number of nitrogens with one attached hydrogen (secondary N) is 1. The van der Waals surface area contributed by atoms with E-state index in [2.05, 4.69) is 24.3 Å². The van der Waals surface area contributed by atoms with Gasteiger partial charge in [0.15, 0.2) is 5.65 Å². The second-order valence-corrected chi connectivity index (χ2v) is 5.43. The number of aryl methyl sites for hydroxylation is 1. The number of nitrogens with zero attached hydrogens (tertiary/aromatic N) is 5. The Morgan fingerprint density at radius 2 is 1.91 bits per heavy atom. The van der Waals surface area contributed by atoms with Gasteiger partial charge in [-0.15, -0.1) is 0 Å². The van der Waals surface area contributed by atoms with Crippen LogP contribution in [0.15, 0.2) is 49.1 Å². The van der Waals surface area contributed by atoms with Gasteiger partial charge in [0.05, 0.1) is 28.3 Å². The molecule has 1 N–H and O–H groups in total. The van der Waals surface area contributed by atoms with Crippen LogP contribution in [0.3, 0.4) is 0 Å². The number of benzene rings is 1. The maximum Gasteiger partial charge on any atom is 0.154 e. The summed E-state index contributed by atoms with van der Waals surface area (Å²) in [7, 11) is 0. The van der Waals surface area contributed by atoms with Crippen molar-refractivity contribution < 1.29 is 0 Å². The smallest absolute Gasteiger partial charge is 0.154 e. The summed E-state index contributed by atoms with van der Waals surface area (Å²) in [4.78, 5) is 21.3. The van der Waals surface area contributed by atoms with Crippen molar-refractivity contribution >= 4 is 27.7 Å². The minimum Gasteiger partial charge on any atom is -0.345 e. The van der Waals surface area contributed by atoms with Crippen molar-refractivity contribution in [1.82, 2.24) is 29.3 Å². The topological polar surface area (TPSA) is 71.8 Å². The van der Waals surface area contributed by atoms with E-state index in [4.69, 9.17) is 4.98 Å². The fraction of sp³-hybridized carbons (Fsp3) is 0.0588. The lowest BCUT2D eigenvalue weighted by Gasteiger charge is -2.03. The van der Waals surface area contributed by atoms with Gasteiger partial charge in [-0.05, 0) is 19.1 Å². The molecule has 1 aromatic carbocycles. The SMILES string of the molecule is Cc1nc(-c2cccc3nccnc23)c2cnc3[nH]ccc3n12. The number of H-pyrrole nitrogens is 1. The van der Waals surface area contributed by atoms with Gasteiger partial charge in [-0.2, -0.15) is 0 Å². The fourth-order valence-corrected chi connectivity index (χ4v) is 3.12. The number of imidazole rings is 1. The number of hydrogen-bond acceptors (Lipinski definition) is 4. The molecule has 0 radical (unpaired) electrons. The van der Waals surface area contributed by atoms with E-state index < -0.39 is 0 Å². The second kappa shape index (κ2) is 4.36. The van der Waals surface area contributed by atoms with Gasteiger partial charge in [0.1, 0.15) is 11.5 Å². The van der Waals surface area contributed by atoms with Crippen LogP contribution >= 0.6 is 0 Å². The average Bonchev–Trinajstić information content (AvgIpc) is 3.18. The Morgan fingerprint density at radius 1 is 1.00 bits per heavy atom. The molecule has 110 valence electrons. The molecule has 6 nitrogen and oxygen atoms in total. The van der Waals surface area contributed by atoms with Gasteiger partial charge in [-0.3, -0.25) is 14.4 Å². The van der Waals surface area contributed by atoms with Crippen molar-refractivity contribution in [3.63, 3.8) is 0 Å². The Kier molecular flexibility index (Phi) is 2.33. The molecule has 0 aliphatic rings. The lowest BCUT2D eigenvalue weighted by molar-refractivity contribution is 1.07. The van der Waals surface area contributed by atoms with Crippen LogP contribution in [0.4, 0.5) is 0 Å². The summed E-state index contributed by atoms with van der Waals surface area (Å²) in [6, 6.07) is 7.98. The number of aromatic amines is 1. The van der Waals surface area contributed by atoms with Gasteiger partial charge in [-0.25, -0.2) is 9.97 Å². The van der Waals surface area contributed by atoms with E-state index in [1.807, 2.05) is 43.6 Å². The van der Waals surface area contributed by atoms with Crippen molar-refractivity contribution in [3.05, 3.63) is 54.9 Å². The molecule has 0 aliphatic heterocycles. The quantitative estimate of drug-likeness (QED) is 0.516. The molecule has 4 heterocycles. The zero-order chi connectivity index (χ0) is 15.4. The van der Waals surface area contributed by atoms with Gasteiger partial charge in [0, 0.05) is 24.2 Å². The lowest BCUT2D eigenvalue weighted by Crippen LogP contribution is -1.91. The first kappa shape index (κ1) is 12.3. The Bertz CT molecular complexity index is 1180. The van der Waals surface area contributed by atoms with E-state index >= 15 is 0 Å². The third kappa shape index (κ3) is 1.63. The highest BCUT2D eigenvalue weighted by Crippen LogP contribution is 2.30. The van der Waals surface area contributed by atoms with Crippen LogP contribution < -0.4 is 0 Å². The first-order valence-electron chi connectivity index (χ1n) is 7.34. The molecule has 0 spiro atoms. The minimum atomic E-state index is 0.849. The third-order valence-corrected chi connectivity index (χ3v) is 4.10. The predicted molar refractivity (Wildman–Crippen MR) is 88.1 cm³/mol. The number of para-hydroxylation sites is 1. The maximum absolute atomic E-state index is 4.78. The van der Waals surface area contributed by atoms with Gasteiger partial charge < -0.3 is 4.98 Å². The molecular formula is C17H12N6. The van der Waals surface area contributed by atoms with Crippen LogP contribution in [0.1, 0.15) is 5.82 Å². The molecule has 0 fully saturated rings. The zero-order valence-corrected chi connectivity index (χ0v) is 12.4. The highest BCUT2D eigenvalue weighted by atomic mass is 15.1. The van der Waals surface area contributed by atoms with Crippen LogP contribution in [-0.4, -0.2) is 29.3 Å². The molecule has 5 rings (SSSR count). The fourth-order valence-electron chi connectivity index (χ4n) is 3.12. The summed E-state index contributed by atoms with van der Waals surface area (Å²) in [5.41, 5.74) is 6.39. The van der Waals surface area contributed by atoms with Gasteiger partial charge in [0.25, 0.3) is 0 Å². The molecule has 23 heavy (non-hydrogen) atoms. The molecule has 0 saturated carbocycles. The Balaban J connectivity index is 1.93. The summed E-state index contributed by atoms with van der Waals surface area (Å²) in [6.45, 7) is 2.00. The number of rotatable bonds is 1. The number of hydrogen-bond donors (Lipinski definition) is 1. The minimum absolute atomic E-state index is 0.849. The molecule has 0 amide bonds. The van der Waals surface area contributed by atoms with Crippen LogP contribution in [0.2, 0.25) is 0 Å². The summed E-state index contributed by atoms with van der Waals surface area (Å²) < 4.78 is 2.11. The standard InChI is InChI=1S/C17H12N6/c1-10-22-16(11-3-2-4-12-15(11)19-8-7-18-12)14-9-21-17-13(23(10)14)5-6-20-17/h2-9,20H,1H3.